The van der Waals surface area contributed by atoms with E-state index in [2.05, 4.69) is 27.5 Å². The molecule has 0 fully saturated rings. The third-order valence-corrected chi connectivity index (χ3v) is 3.15. The van der Waals surface area contributed by atoms with Crippen molar-refractivity contribution in [1.29, 1.82) is 0 Å². The Morgan fingerprint density at radius 3 is 2.56 bits per heavy atom. The van der Waals surface area contributed by atoms with E-state index in [0.717, 1.165) is 0 Å². The number of benzene rings is 1. The van der Waals surface area contributed by atoms with Crippen LogP contribution in [0.2, 0.25) is 5.02 Å². The molecule has 0 aliphatic heterocycles. The van der Waals surface area contributed by atoms with Gasteiger partial charge in [0.05, 0.1) is 11.3 Å². The summed E-state index contributed by atoms with van der Waals surface area (Å²) in [5, 5.41) is 1.20. The summed E-state index contributed by atoms with van der Waals surface area (Å²) in [7, 11) is 0. The Morgan fingerprint density at radius 2 is 1.94 bits per heavy atom. The van der Waals surface area contributed by atoms with Crippen LogP contribution in [0.4, 0.5) is 13.2 Å². The third kappa shape index (κ3) is 2.37. The molecule has 2 rings (SSSR count). The highest BCUT2D eigenvalue weighted by atomic mass is 79.9. The van der Waals surface area contributed by atoms with Crippen LogP contribution in [0.25, 0.3) is 16.3 Å². The molecule has 0 N–H and O–H groups in total. The van der Waals surface area contributed by atoms with Crippen molar-refractivity contribution in [3.8, 4) is 0 Å². The fraction of sp³-hybridized carbons (Fsp3) is 0.0833. The van der Waals surface area contributed by atoms with Gasteiger partial charge in [0.2, 0.25) is 0 Å². The van der Waals surface area contributed by atoms with Crippen LogP contribution in [0.1, 0.15) is 5.69 Å². The van der Waals surface area contributed by atoms with Crippen LogP contribution in [0.5, 0.6) is 0 Å². The van der Waals surface area contributed by atoms with E-state index in [4.69, 9.17) is 11.6 Å². The number of pyridine rings is 1. The Balaban J connectivity index is 2.79. The molecule has 1 heterocycles. The summed E-state index contributed by atoms with van der Waals surface area (Å²) in [5.41, 5.74) is -1.20. The van der Waals surface area contributed by atoms with Crippen molar-refractivity contribution >= 4 is 43.9 Å². The molecule has 1 aromatic heterocycles. The van der Waals surface area contributed by atoms with Crippen molar-refractivity contribution in [2.75, 3.05) is 0 Å². The molecule has 0 aliphatic carbocycles. The summed E-state index contributed by atoms with van der Waals surface area (Å²) < 4.78 is 38.4. The average molecular weight is 337 g/mol. The smallest absolute Gasteiger partial charge is 0.240 e. The number of hydrogen-bond donors (Lipinski definition) is 0. The fourth-order valence-electron chi connectivity index (χ4n) is 1.57. The van der Waals surface area contributed by atoms with Crippen molar-refractivity contribution in [2.24, 2.45) is 0 Å². The standard InChI is InChI=1S/C12H6BrClF3N/c1-6(12(15,16)17)11-7-3-2-4-9(14)8(7)5-10(13)18-11/h2-5H,1H2. The molecule has 0 unspecified atom stereocenters. The summed E-state index contributed by atoms with van der Waals surface area (Å²) in [6, 6.07) is 6.29. The Labute approximate surface area is 114 Å². The van der Waals surface area contributed by atoms with Crippen LogP contribution in [-0.2, 0) is 0 Å². The maximum atomic E-state index is 12.7. The molecular weight excluding hydrogens is 330 g/mol. The number of nitrogens with zero attached hydrogens (tertiary/aromatic N) is 1. The van der Waals surface area contributed by atoms with Gasteiger partial charge >= 0.3 is 6.18 Å². The zero-order valence-electron chi connectivity index (χ0n) is 8.85. The van der Waals surface area contributed by atoms with Crippen LogP contribution >= 0.6 is 27.5 Å². The highest BCUT2D eigenvalue weighted by molar-refractivity contribution is 9.10. The second-order valence-electron chi connectivity index (χ2n) is 3.60. The molecule has 1 aromatic carbocycles. The second kappa shape index (κ2) is 4.55. The molecule has 0 atom stereocenters. The second-order valence-corrected chi connectivity index (χ2v) is 4.82. The van der Waals surface area contributed by atoms with Gasteiger partial charge in [-0.3, -0.25) is 0 Å². The summed E-state index contributed by atoms with van der Waals surface area (Å²) in [6.45, 7) is 3.07. The fourth-order valence-corrected chi connectivity index (χ4v) is 2.21. The first-order valence-corrected chi connectivity index (χ1v) is 5.99. The van der Waals surface area contributed by atoms with E-state index in [-0.39, 0.29) is 10.3 Å². The van der Waals surface area contributed by atoms with Gasteiger partial charge in [-0.05, 0) is 28.1 Å². The monoisotopic (exact) mass is 335 g/mol. The van der Waals surface area contributed by atoms with Gasteiger partial charge in [0, 0.05) is 15.8 Å². The zero-order valence-corrected chi connectivity index (χ0v) is 11.2. The highest BCUT2D eigenvalue weighted by Crippen LogP contribution is 2.37. The SMILES string of the molecule is C=C(c1nc(Br)cc2c(Cl)cccc12)C(F)(F)F. The van der Waals surface area contributed by atoms with E-state index in [1.807, 2.05) is 0 Å². The van der Waals surface area contributed by atoms with Crippen molar-refractivity contribution in [3.05, 3.63) is 46.2 Å². The Bertz CT molecular complexity index is 637. The lowest BCUT2D eigenvalue weighted by Crippen LogP contribution is -2.11. The first-order valence-electron chi connectivity index (χ1n) is 4.82. The quantitative estimate of drug-likeness (QED) is 0.650. The van der Waals surface area contributed by atoms with Crippen LogP contribution in [0, 0.1) is 0 Å². The van der Waals surface area contributed by atoms with E-state index >= 15 is 0 Å². The van der Waals surface area contributed by atoms with Crippen molar-refractivity contribution < 1.29 is 13.2 Å². The van der Waals surface area contributed by atoms with E-state index in [0.29, 0.717) is 15.8 Å². The predicted octanol–water partition coefficient (Wildman–Crippen LogP) is 5.23. The number of aromatic nitrogens is 1. The van der Waals surface area contributed by atoms with Gasteiger partial charge in [0.1, 0.15) is 4.60 Å². The van der Waals surface area contributed by atoms with E-state index in [1.54, 1.807) is 18.2 Å². The highest BCUT2D eigenvalue weighted by Gasteiger charge is 2.35. The van der Waals surface area contributed by atoms with E-state index in [1.165, 1.54) is 6.07 Å². The number of allylic oxidation sites excluding steroid dienone is 1. The molecule has 6 heteroatoms. The minimum atomic E-state index is -4.52. The first kappa shape index (κ1) is 13.4. The average Bonchev–Trinajstić information content (AvgIpc) is 2.27. The molecule has 0 spiro atoms. The third-order valence-electron chi connectivity index (χ3n) is 2.42. The topological polar surface area (TPSA) is 12.9 Å². The zero-order chi connectivity index (χ0) is 13.5. The lowest BCUT2D eigenvalue weighted by molar-refractivity contribution is -0.0688. The van der Waals surface area contributed by atoms with E-state index in [9.17, 15) is 13.2 Å². The maximum absolute atomic E-state index is 12.7. The molecule has 0 radical (unpaired) electrons. The van der Waals surface area contributed by atoms with Gasteiger partial charge in [0.25, 0.3) is 0 Å². The molecule has 2 aromatic rings. The Hall–Kier alpha value is -1.07. The van der Waals surface area contributed by atoms with Gasteiger partial charge in [-0.1, -0.05) is 30.3 Å². The van der Waals surface area contributed by atoms with Crippen LogP contribution < -0.4 is 0 Å². The number of halogens is 5. The molecule has 0 bridgehead atoms. The summed E-state index contributed by atoms with van der Waals surface area (Å²) in [6.07, 6.45) is -4.52. The van der Waals surface area contributed by atoms with Crippen LogP contribution in [0.15, 0.2) is 35.4 Å². The molecule has 18 heavy (non-hydrogen) atoms. The molecule has 1 nitrogen and oxygen atoms in total. The van der Waals surface area contributed by atoms with Crippen molar-refractivity contribution in [3.63, 3.8) is 0 Å². The molecule has 94 valence electrons. The Kier molecular flexibility index (Phi) is 3.38. The van der Waals surface area contributed by atoms with Crippen LogP contribution in [-0.4, -0.2) is 11.2 Å². The summed E-state index contributed by atoms with van der Waals surface area (Å²) in [4.78, 5) is 3.85. The normalized spacial score (nSPS) is 11.8. The Morgan fingerprint density at radius 1 is 1.28 bits per heavy atom. The lowest BCUT2D eigenvalue weighted by Gasteiger charge is -2.13. The number of alkyl halides is 3. The van der Waals surface area contributed by atoms with Crippen molar-refractivity contribution in [2.45, 2.75) is 6.18 Å². The molecule has 0 saturated carbocycles. The number of hydrogen-bond acceptors (Lipinski definition) is 1. The molecule has 0 saturated heterocycles. The largest absolute Gasteiger partial charge is 0.417 e. The lowest BCUT2D eigenvalue weighted by atomic mass is 10.1. The predicted molar refractivity (Wildman–Crippen MR) is 69.5 cm³/mol. The maximum Gasteiger partial charge on any atom is 0.417 e. The van der Waals surface area contributed by atoms with Gasteiger partial charge in [-0.15, -0.1) is 0 Å². The summed E-state index contributed by atoms with van der Waals surface area (Å²) in [5.74, 6) is 0. The van der Waals surface area contributed by atoms with Gasteiger partial charge in [-0.2, -0.15) is 13.2 Å². The minimum Gasteiger partial charge on any atom is -0.240 e. The minimum absolute atomic E-state index is 0.214. The van der Waals surface area contributed by atoms with Crippen LogP contribution in [0.3, 0.4) is 0 Å². The molecule has 0 amide bonds. The first-order chi connectivity index (χ1) is 8.30. The molecule has 0 aliphatic rings. The van der Waals surface area contributed by atoms with Gasteiger partial charge in [-0.25, -0.2) is 4.98 Å². The van der Waals surface area contributed by atoms with Gasteiger partial charge < -0.3 is 0 Å². The van der Waals surface area contributed by atoms with Gasteiger partial charge in [0.15, 0.2) is 0 Å². The number of fused-ring (bicyclic) bond motifs is 1. The van der Waals surface area contributed by atoms with Crippen molar-refractivity contribution in [1.82, 2.24) is 4.98 Å². The van der Waals surface area contributed by atoms with E-state index < -0.39 is 11.7 Å². The molecular formula is C12H6BrClF3N. The number of rotatable bonds is 1. The summed E-state index contributed by atoms with van der Waals surface area (Å²) >= 11 is 9.03.